The number of nitrogens with zero attached hydrogens (tertiary/aromatic N) is 3. The van der Waals surface area contributed by atoms with E-state index < -0.39 is 17.4 Å². The highest BCUT2D eigenvalue weighted by atomic mass is 35.5. The number of carbonyl (C=O) groups excluding carboxylic acids is 3. The normalized spacial score (nSPS) is 21.1. The van der Waals surface area contributed by atoms with Gasteiger partial charge >= 0.3 is 5.97 Å². The summed E-state index contributed by atoms with van der Waals surface area (Å²) in [6, 6.07) is 6.80. The molecule has 1 aromatic carbocycles. The Kier molecular flexibility index (Phi) is 6.98. The van der Waals surface area contributed by atoms with Gasteiger partial charge in [-0.2, -0.15) is 5.10 Å². The average molecular weight is 487 g/mol. The molecule has 1 aromatic heterocycles. The van der Waals surface area contributed by atoms with Crippen LogP contribution in [0.5, 0.6) is 0 Å². The predicted octanol–water partition coefficient (Wildman–Crippen LogP) is 4.28. The van der Waals surface area contributed by atoms with Crippen LogP contribution in [0.15, 0.2) is 24.3 Å². The third-order valence-electron chi connectivity index (χ3n) is 6.73. The maximum absolute atomic E-state index is 13.8. The van der Waals surface area contributed by atoms with Gasteiger partial charge in [-0.15, -0.1) is 0 Å². The zero-order chi connectivity index (χ0) is 24.5. The zero-order valence-electron chi connectivity index (χ0n) is 19.9. The SMILES string of the molecule is CCOC(=O)c1cc2n(n1)C[C@@](C)(C(=O)NC1CCCCCC1)N(c1ccc(C)c(Cl)c1)C2=O. The van der Waals surface area contributed by atoms with Crippen LogP contribution in [0.1, 0.15) is 78.9 Å². The molecule has 34 heavy (non-hydrogen) atoms. The number of fused-ring (bicyclic) bond motifs is 1. The van der Waals surface area contributed by atoms with E-state index in [9.17, 15) is 14.4 Å². The summed E-state index contributed by atoms with van der Waals surface area (Å²) in [6.07, 6.45) is 6.33. The summed E-state index contributed by atoms with van der Waals surface area (Å²) in [6.45, 7) is 5.61. The van der Waals surface area contributed by atoms with E-state index in [2.05, 4.69) is 10.4 Å². The molecule has 2 aromatic rings. The van der Waals surface area contributed by atoms with Gasteiger partial charge in [-0.05, 0) is 51.3 Å². The van der Waals surface area contributed by atoms with Gasteiger partial charge in [0.25, 0.3) is 5.91 Å². The number of hydrogen-bond donors (Lipinski definition) is 1. The Balaban J connectivity index is 1.75. The summed E-state index contributed by atoms with van der Waals surface area (Å²) in [7, 11) is 0. The van der Waals surface area contributed by atoms with Crippen LogP contribution in [-0.4, -0.2) is 45.8 Å². The molecule has 9 heteroatoms. The third-order valence-corrected chi connectivity index (χ3v) is 7.14. The molecule has 4 rings (SSSR count). The lowest BCUT2D eigenvalue weighted by atomic mass is 9.93. The fourth-order valence-corrected chi connectivity index (χ4v) is 4.95. The first-order valence-corrected chi connectivity index (χ1v) is 12.3. The summed E-state index contributed by atoms with van der Waals surface area (Å²) < 4.78 is 6.49. The number of nitrogens with one attached hydrogen (secondary N) is 1. The van der Waals surface area contributed by atoms with Crippen molar-refractivity contribution in [3.63, 3.8) is 0 Å². The van der Waals surface area contributed by atoms with E-state index in [1.54, 1.807) is 26.0 Å². The molecule has 2 heterocycles. The lowest BCUT2D eigenvalue weighted by Crippen LogP contribution is -2.65. The van der Waals surface area contributed by atoms with Crippen LogP contribution < -0.4 is 10.2 Å². The van der Waals surface area contributed by atoms with Crippen molar-refractivity contribution < 1.29 is 19.1 Å². The van der Waals surface area contributed by atoms with E-state index in [1.807, 2.05) is 13.0 Å². The van der Waals surface area contributed by atoms with Gasteiger partial charge in [0.05, 0.1) is 13.2 Å². The molecule has 1 N–H and O–H groups in total. The van der Waals surface area contributed by atoms with Crippen LogP contribution in [0.3, 0.4) is 0 Å². The number of benzene rings is 1. The van der Waals surface area contributed by atoms with Crippen LogP contribution in [0.2, 0.25) is 5.02 Å². The van der Waals surface area contributed by atoms with Crippen molar-refractivity contribution in [1.82, 2.24) is 15.1 Å². The van der Waals surface area contributed by atoms with Crippen molar-refractivity contribution in [3.8, 4) is 0 Å². The summed E-state index contributed by atoms with van der Waals surface area (Å²) in [5, 5.41) is 8.01. The van der Waals surface area contributed by atoms with Crippen molar-refractivity contribution in [2.45, 2.75) is 77.4 Å². The second kappa shape index (κ2) is 9.78. The largest absolute Gasteiger partial charge is 0.461 e. The molecule has 1 aliphatic carbocycles. The molecule has 1 saturated carbocycles. The molecule has 0 unspecified atom stereocenters. The van der Waals surface area contributed by atoms with Crippen LogP contribution in [-0.2, 0) is 16.1 Å². The Morgan fingerprint density at radius 3 is 2.56 bits per heavy atom. The predicted molar refractivity (Wildman–Crippen MR) is 129 cm³/mol. The number of carbonyl (C=O) groups is 3. The van der Waals surface area contributed by atoms with Gasteiger partial charge in [0, 0.05) is 22.8 Å². The van der Waals surface area contributed by atoms with Crippen molar-refractivity contribution in [1.29, 1.82) is 0 Å². The highest BCUT2D eigenvalue weighted by Gasteiger charge is 2.49. The summed E-state index contributed by atoms with van der Waals surface area (Å²) in [5.74, 6) is -1.28. The molecule has 1 aliphatic heterocycles. The van der Waals surface area contributed by atoms with Gasteiger partial charge < -0.3 is 10.1 Å². The Morgan fingerprint density at radius 1 is 1.21 bits per heavy atom. The highest BCUT2D eigenvalue weighted by Crippen LogP contribution is 2.35. The Labute approximate surface area is 204 Å². The maximum atomic E-state index is 13.8. The average Bonchev–Trinajstić information content (AvgIpc) is 3.05. The lowest BCUT2D eigenvalue weighted by Gasteiger charge is -2.43. The van der Waals surface area contributed by atoms with E-state index >= 15 is 0 Å². The molecule has 2 aliphatic rings. The summed E-state index contributed by atoms with van der Waals surface area (Å²) in [4.78, 5) is 41.3. The minimum atomic E-state index is -1.27. The number of aromatic nitrogens is 2. The van der Waals surface area contributed by atoms with E-state index in [0.29, 0.717) is 10.7 Å². The second-order valence-electron chi connectivity index (χ2n) is 9.30. The van der Waals surface area contributed by atoms with Crippen LogP contribution >= 0.6 is 11.6 Å². The number of aryl methyl sites for hydroxylation is 1. The zero-order valence-corrected chi connectivity index (χ0v) is 20.7. The number of esters is 1. The van der Waals surface area contributed by atoms with E-state index in [1.165, 1.54) is 28.5 Å². The molecule has 0 spiro atoms. The first-order chi connectivity index (χ1) is 16.2. The summed E-state index contributed by atoms with van der Waals surface area (Å²) >= 11 is 6.39. The van der Waals surface area contributed by atoms with E-state index in [4.69, 9.17) is 16.3 Å². The smallest absolute Gasteiger partial charge is 0.358 e. The Bertz CT molecular complexity index is 1110. The summed E-state index contributed by atoms with van der Waals surface area (Å²) in [5.41, 5.74) is 0.380. The standard InChI is InChI=1S/C25H31ClN4O4/c1-4-34-23(32)20-14-21-22(31)30(18-12-11-16(2)19(26)13-18)25(3,15-29(21)28-20)24(33)27-17-9-7-5-6-8-10-17/h11-14,17H,4-10,15H2,1-3H3,(H,27,33)/t25-/m0/s1. The van der Waals surface area contributed by atoms with Gasteiger partial charge in [-0.3, -0.25) is 19.2 Å². The Morgan fingerprint density at radius 2 is 1.91 bits per heavy atom. The molecule has 2 amide bonds. The van der Waals surface area contributed by atoms with Gasteiger partial charge in [-0.1, -0.05) is 43.4 Å². The topological polar surface area (TPSA) is 93.5 Å². The molecule has 182 valence electrons. The maximum Gasteiger partial charge on any atom is 0.358 e. The fraction of sp³-hybridized carbons (Fsp3) is 0.520. The second-order valence-corrected chi connectivity index (χ2v) is 9.71. The number of amides is 2. The molecule has 0 bridgehead atoms. The molecule has 0 radical (unpaired) electrons. The number of halogens is 1. The molecular formula is C25H31ClN4O4. The van der Waals surface area contributed by atoms with Crippen molar-refractivity contribution in [3.05, 3.63) is 46.2 Å². The van der Waals surface area contributed by atoms with Gasteiger partial charge in [-0.25, -0.2) is 4.79 Å². The van der Waals surface area contributed by atoms with Crippen LogP contribution in [0, 0.1) is 6.92 Å². The number of hydrogen-bond acceptors (Lipinski definition) is 5. The Hall–Kier alpha value is -2.87. The van der Waals surface area contributed by atoms with Crippen LogP contribution in [0.4, 0.5) is 5.69 Å². The van der Waals surface area contributed by atoms with Crippen molar-refractivity contribution >= 4 is 35.1 Å². The van der Waals surface area contributed by atoms with Crippen molar-refractivity contribution in [2.24, 2.45) is 0 Å². The minimum Gasteiger partial charge on any atom is -0.461 e. The highest BCUT2D eigenvalue weighted by molar-refractivity contribution is 6.31. The molecule has 1 atom stereocenters. The number of ether oxygens (including phenoxy) is 1. The quantitative estimate of drug-likeness (QED) is 0.503. The van der Waals surface area contributed by atoms with Gasteiger partial charge in [0.15, 0.2) is 5.69 Å². The first kappa shape index (κ1) is 24.3. The molecule has 1 fully saturated rings. The van der Waals surface area contributed by atoms with E-state index in [0.717, 1.165) is 31.2 Å². The van der Waals surface area contributed by atoms with Crippen LogP contribution in [0.25, 0.3) is 0 Å². The van der Waals surface area contributed by atoms with E-state index in [-0.39, 0.29) is 36.5 Å². The fourth-order valence-electron chi connectivity index (χ4n) is 4.78. The third kappa shape index (κ3) is 4.56. The van der Waals surface area contributed by atoms with Crippen molar-refractivity contribution in [2.75, 3.05) is 11.5 Å². The molecule has 0 saturated heterocycles. The first-order valence-electron chi connectivity index (χ1n) is 11.9. The molecule has 8 nitrogen and oxygen atoms in total. The molecular weight excluding hydrogens is 456 g/mol. The number of anilines is 1. The lowest BCUT2D eigenvalue weighted by molar-refractivity contribution is -0.127. The van der Waals surface area contributed by atoms with Gasteiger partial charge in [0.1, 0.15) is 11.2 Å². The minimum absolute atomic E-state index is 0.0421. The number of rotatable bonds is 5. The monoisotopic (exact) mass is 486 g/mol. The van der Waals surface area contributed by atoms with Gasteiger partial charge in [0.2, 0.25) is 5.91 Å².